The predicted octanol–water partition coefficient (Wildman–Crippen LogP) is 3.41. The van der Waals surface area contributed by atoms with Gasteiger partial charge in [-0.25, -0.2) is 4.52 Å². The van der Waals surface area contributed by atoms with Crippen LogP contribution in [0.4, 0.5) is 11.6 Å². The quantitative estimate of drug-likeness (QED) is 0.487. The van der Waals surface area contributed by atoms with E-state index in [-0.39, 0.29) is 5.91 Å². The van der Waals surface area contributed by atoms with Gasteiger partial charge in [0, 0.05) is 48.4 Å². The van der Waals surface area contributed by atoms with Crippen LogP contribution in [0.5, 0.6) is 5.75 Å². The van der Waals surface area contributed by atoms with E-state index in [1.165, 1.54) is 0 Å². The van der Waals surface area contributed by atoms with Gasteiger partial charge >= 0.3 is 0 Å². The van der Waals surface area contributed by atoms with Crippen LogP contribution in [0.3, 0.4) is 0 Å². The van der Waals surface area contributed by atoms with E-state index in [2.05, 4.69) is 20.4 Å². The average molecular weight is 444 g/mol. The highest BCUT2D eigenvalue weighted by atomic mass is 16.5. The molecule has 0 aliphatic carbocycles. The zero-order chi connectivity index (χ0) is 22.6. The summed E-state index contributed by atoms with van der Waals surface area (Å²) >= 11 is 0. The van der Waals surface area contributed by atoms with Crippen molar-refractivity contribution in [2.75, 3.05) is 38.2 Å². The Morgan fingerprint density at radius 2 is 2.03 bits per heavy atom. The second-order valence-electron chi connectivity index (χ2n) is 7.57. The van der Waals surface area contributed by atoms with E-state index in [4.69, 9.17) is 9.47 Å². The molecule has 0 atom stereocenters. The molecular weight excluding hydrogens is 420 g/mol. The lowest BCUT2D eigenvalue weighted by atomic mass is 10.1. The molecule has 1 N–H and O–H groups in total. The number of ether oxygens (including phenoxy) is 2. The molecule has 1 amide bonds. The number of rotatable bonds is 6. The molecule has 9 heteroatoms. The van der Waals surface area contributed by atoms with Crippen molar-refractivity contribution < 1.29 is 14.3 Å². The number of amides is 1. The van der Waals surface area contributed by atoms with Gasteiger partial charge in [0.1, 0.15) is 5.75 Å². The minimum absolute atomic E-state index is 0.0282. The van der Waals surface area contributed by atoms with Gasteiger partial charge in [-0.2, -0.15) is 4.98 Å². The molecule has 168 valence electrons. The zero-order valence-corrected chi connectivity index (χ0v) is 18.3. The van der Waals surface area contributed by atoms with Crippen molar-refractivity contribution in [1.82, 2.24) is 24.5 Å². The third-order valence-electron chi connectivity index (χ3n) is 5.40. The molecule has 0 radical (unpaired) electrons. The molecular formula is C24H24N6O3. The Morgan fingerprint density at radius 1 is 1.15 bits per heavy atom. The van der Waals surface area contributed by atoms with Gasteiger partial charge in [-0.05, 0) is 43.3 Å². The van der Waals surface area contributed by atoms with Crippen LogP contribution in [0.25, 0.3) is 16.8 Å². The second kappa shape index (κ2) is 9.25. The van der Waals surface area contributed by atoms with Crippen molar-refractivity contribution in [1.29, 1.82) is 0 Å². The number of aromatic nitrogens is 4. The van der Waals surface area contributed by atoms with Crippen LogP contribution >= 0.6 is 0 Å². The largest absolute Gasteiger partial charge is 0.492 e. The highest BCUT2D eigenvalue weighted by Gasteiger charge is 2.20. The Bertz CT molecular complexity index is 1270. The van der Waals surface area contributed by atoms with Crippen molar-refractivity contribution in [3.8, 4) is 16.9 Å². The summed E-state index contributed by atoms with van der Waals surface area (Å²) < 4.78 is 12.9. The predicted molar refractivity (Wildman–Crippen MR) is 124 cm³/mol. The topological polar surface area (TPSA) is 93.9 Å². The van der Waals surface area contributed by atoms with Gasteiger partial charge in [-0.1, -0.05) is 6.07 Å². The smallest absolute Gasteiger partial charge is 0.254 e. The number of hydrogen-bond donors (Lipinski definition) is 1. The van der Waals surface area contributed by atoms with Crippen LogP contribution < -0.4 is 10.1 Å². The third kappa shape index (κ3) is 4.49. The zero-order valence-electron chi connectivity index (χ0n) is 18.3. The minimum atomic E-state index is -0.0282. The second-order valence-corrected chi connectivity index (χ2v) is 7.57. The Hall–Kier alpha value is -3.98. The number of morpholine rings is 1. The van der Waals surface area contributed by atoms with Gasteiger partial charge in [0.15, 0.2) is 5.65 Å². The van der Waals surface area contributed by atoms with Crippen LogP contribution in [0.1, 0.15) is 17.3 Å². The summed E-state index contributed by atoms with van der Waals surface area (Å²) in [6.45, 7) is 4.68. The number of fused-ring (bicyclic) bond motifs is 1. The Morgan fingerprint density at radius 3 is 2.82 bits per heavy atom. The van der Waals surface area contributed by atoms with Crippen molar-refractivity contribution in [3.05, 3.63) is 66.6 Å². The first-order valence-electron chi connectivity index (χ1n) is 10.9. The first kappa shape index (κ1) is 20.9. The molecule has 0 bridgehead atoms. The Labute approximate surface area is 191 Å². The van der Waals surface area contributed by atoms with Gasteiger partial charge in [0.2, 0.25) is 5.95 Å². The number of anilines is 2. The van der Waals surface area contributed by atoms with Crippen LogP contribution in [-0.4, -0.2) is 63.3 Å². The van der Waals surface area contributed by atoms with Crippen LogP contribution in [-0.2, 0) is 4.74 Å². The van der Waals surface area contributed by atoms with Gasteiger partial charge < -0.3 is 19.7 Å². The molecule has 9 nitrogen and oxygen atoms in total. The number of carbonyl (C=O) groups is 1. The van der Waals surface area contributed by atoms with Crippen molar-refractivity contribution in [2.24, 2.45) is 0 Å². The van der Waals surface area contributed by atoms with Crippen molar-refractivity contribution in [3.63, 3.8) is 0 Å². The van der Waals surface area contributed by atoms with Gasteiger partial charge in [-0.3, -0.25) is 9.78 Å². The van der Waals surface area contributed by atoms with Crippen molar-refractivity contribution >= 4 is 23.2 Å². The fourth-order valence-corrected chi connectivity index (χ4v) is 3.74. The molecule has 1 aliphatic heterocycles. The third-order valence-corrected chi connectivity index (χ3v) is 5.40. The SMILES string of the molecule is CCOc1cc(C(=O)N2CCOCC2)ccc1Nc1nc2ccc(-c3cccnc3)cn2n1. The maximum Gasteiger partial charge on any atom is 0.254 e. The van der Waals surface area contributed by atoms with E-state index in [0.717, 1.165) is 11.1 Å². The van der Waals surface area contributed by atoms with Crippen LogP contribution in [0, 0.1) is 0 Å². The lowest BCUT2D eigenvalue weighted by Crippen LogP contribution is -2.40. The first-order chi connectivity index (χ1) is 16.2. The summed E-state index contributed by atoms with van der Waals surface area (Å²) in [5.41, 5.74) is 3.98. The molecule has 0 unspecified atom stereocenters. The molecule has 0 saturated carbocycles. The Kier molecular flexibility index (Phi) is 5.86. The van der Waals surface area contributed by atoms with E-state index in [1.54, 1.807) is 27.7 Å². The average Bonchev–Trinajstić information content (AvgIpc) is 3.27. The molecule has 1 saturated heterocycles. The van der Waals surface area contributed by atoms with Crippen LogP contribution in [0.2, 0.25) is 0 Å². The summed E-state index contributed by atoms with van der Waals surface area (Å²) in [7, 11) is 0. The van der Waals surface area contributed by atoms with Gasteiger partial charge in [-0.15, -0.1) is 5.10 Å². The monoisotopic (exact) mass is 444 g/mol. The van der Waals surface area contributed by atoms with E-state index >= 15 is 0 Å². The molecule has 0 spiro atoms. The summed E-state index contributed by atoms with van der Waals surface area (Å²) in [6, 6.07) is 13.2. The van der Waals surface area contributed by atoms with E-state index in [1.807, 2.05) is 49.6 Å². The summed E-state index contributed by atoms with van der Waals surface area (Å²) in [5, 5.41) is 7.78. The maximum atomic E-state index is 12.9. The molecule has 3 aromatic heterocycles. The van der Waals surface area contributed by atoms with Crippen LogP contribution in [0.15, 0.2) is 61.1 Å². The summed E-state index contributed by atoms with van der Waals surface area (Å²) in [4.78, 5) is 23.4. The molecule has 5 rings (SSSR count). The molecule has 1 aliphatic rings. The number of hydrogen-bond acceptors (Lipinski definition) is 7. The highest BCUT2D eigenvalue weighted by molar-refractivity contribution is 5.95. The minimum Gasteiger partial charge on any atom is -0.492 e. The van der Waals surface area contributed by atoms with Gasteiger partial charge in [0.05, 0.1) is 25.5 Å². The molecule has 1 aromatic carbocycles. The summed E-state index contributed by atoms with van der Waals surface area (Å²) in [6.07, 6.45) is 5.47. The number of pyridine rings is 2. The maximum absolute atomic E-state index is 12.9. The molecule has 4 heterocycles. The Balaban J connectivity index is 1.40. The fraction of sp³-hybridized carbons (Fsp3) is 0.250. The lowest BCUT2D eigenvalue weighted by Gasteiger charge is -2.27. The highest BCUT2D eigenvalue weighted by Crippen LogP contribution is 2.29. The van der Waals surface area contributed by atoms with E-state index in [9.17, 15) is 4.79 Å². The lowest BCUT2D eigenvalue weighted by molar-refractivity contribution is 0.0302. The molecule has 1 fully saturated rings. The number of nitrogens with zero attached hydrogens (tertiary/aromatic N) is 5. The molecule has 4 aromatic rings. The number of nitrogens with one attached hydrogen (secondary N) is 1. The fourth-order valence-electron chi connectivity index (χ4n) is 3.74. The number of carbonyl (C=O) groups excluding carboxylic acids is 1. The summed E-state index contributed by atoms with van der Waals surface area (Å²) in [5.74, 6) is 0.984. The standard InChI is InChI=1S/C24H24N6O3/c1-2-33-21-14-17(23(31)29-10-12-32-13-11-29)5-7-20(21)26-24-27-22-8-6-19(16-30(22)28-24)18-4-3-9-25-15-18/h3-9,14-16H,2,10-13H2,1H3,(H,26,28). The van der Waals surface area contributed by atoms with Gasteiger partial charge in [0.25, 0.3) is 5.91 Å². The number of benzene rings is 1. The first-order valence-corrected chi connectivity index (χ1v) is 10.9. The van der Waals surface area contributed by atoms with Crippen molar-refractivity contribution in [2.45, 2.75) is 6.92 Å². The normalized spacial score (nSPS) is 13.8. The van der Waals surface area contributed by atoms with E-state index in [0.29, 0.717) is 61.5 Å². The molecule has 33 heavy (non-hydrogen) atoms. The van der Waals surface area contributed by atoms with E-state index < -0.39 is 0 Å².